The minimum Gasteiger partial charge on any atom is -0.504 e. The molecule has 3 unspecified atom stereocenters. The lowest BCUT2D eigenvalue weighted by Crippen LogP contribution is -2.67. The first kappa shape index (κ1) is 41.4. The van der Waals surface area contributed by atoms with Gasteiger partial charge in [-0.15, -0.1) is 0 Å². The zero-order valence-corrected chi connectivity index (χ0v) is 34.7. The van der Waals surface area contributed by atoms with Gasteiger partial charge in [-0.1, -0.05) is 65.3 Å². The van der Waals surface area contributed by atoms with Gasteiger partial charge < -0.3 is 35.0 Å². The Morgan fingerprint density at radius 1 is 0.724 bits per heavy atom. The maximum Gasteiger partial charge on any atom is 0.331 e. The fourth-order valence-electron chi connectivity index (χ4n) is 13.0. The number of aromatic hydroxyl groups is 4. The van der Waals surface area contributed by atoms with Crippen LogP contribution in [0.1, 0.15) is 117 Å². The third-order valence-electron chi connectivity index (χ3n) is 16.2. The van der Waals surface area contributed by atoms with E-state index in [-0.39, 0.29) is 75.1 Å². The number of carbonyl (C=O) groups is 3. The summed E-state index contributed by atoms with van der Waals surface area (Å²) in [6.45, 7) is 13.8. The largest absolute Gasteiger partial charge is 0.504 e. The molecule has 312 valence electrons. The Balaban J connectivity index is 1.19. The fraction of sp³-hybridized carbons (Fsp3) is 0.562. The van der Waals surface area contributed by atoms with Crippen LogP contribution in [0.15, 0.2) is 60.2 Å². The Bertz CT molecular complexity index is 2080. The molecule has 2 aromatic carbocycles. The summed E-state index contributed by atoms with van der Waals surface area (Å²) in [4.78, 5) is 40.1. The SMILES string of the molecule is CC1(C)CC[C@]2(C(=O)O)CC[C@]3(COC(=O)/C=C/c4ccc(O)c(O)c4)C(=CCC4[C@@]5(C)CC[C@H](OC(=O)/C=C/c6ccc(O)c(O)c6)C(C)(C)C5CC[C@]43C)C2C1. The van der Waals surface area contributed by atoms with E-state index < -0.39 is 28.7 Å². The number of esters is 2. The van der Waals surface area contributed by atoms with Gasteiger partial charge in [-0.2, -0.15) is 0 Å². The lowest BCUT2D eigenvalue weighted by atomic mass is 9.33. The second-order valence-electron chi connectivity index (χ2n) is 20.0. The van der Waals surface area contributed by atoms with Gasteiger partial charge in [0.15, 0.2) is 23.0 Å². The second-order valence-corrected chi connectivity index (χ2v) is 20.0. The first-order valence-electron chi connectivity index (χ1n) is 20.9. The number of hydrogen-bond acceptors (Lipinski definition) is 9. The van der Waals surface area contributed by atoms with Crippen molar-refractivity contribution in [2.45, 2.75) is 112 Å². The molecule has 7 rings (SSSR count). The molecule has 0 bridgehead atoms. The van der Waals surface area contributed by atoms with Gasteiger partial charge in [0.05, 0.1) is 5.41 Å². The molecule has 0 aromatic heterocycles. The Morgan fingerprint density at radius 2 is 1.33 bits per heavy atom. The molecule has 58 heavy (non-hydrogen) atoms. The van der Waals surface area contributed by atoms with Crippen molar-refractivity contribution in [2.75, 3.05) is 6.61 Å². The molecule has 0 spiro atoms. The maximum atomic E-state index is 13.6. The molecule has 0 saturated heterocycles. The summed E-state index contributed by atoms with van der Waals surface area (Å²) in [5.74, 6) is -2.50. The van der Waals surface area contributed by atoms with Crippen molar-refractivity contribution in [3.8, 4) is 23.0 Å². The lowest BCUT2D eigenvalue weighted by Gasteiger charge is -2.71. The van der Waals surface area contributed by atoms with E-state index in [0.29, 0.717) is 36.8 Å². The number of fused-ring (bicyclic) bond motifs is 7. The predicted molar refractivity (Wildman–Crippen MR) is 219 cm³/mol. The standard InChI is InChI=1S/C48H60O10/c1-43(2)21-22-47(42(55)56)23-24-48(28-57-40(53)15-9-29-7-12-33(49)35(51)25-29)31(32(47)27-43)11-14-38-45(5)19-18-39(44(3,4)37(45)17-20-46(38,48)6)58-41(54)16-10-30-8-13-34(50)36(52)26-30/h7-13,15-16,25-26,32,37-39,49-52H,14,17-24,27-28H2,1-6H3,(H,55,56)/b15-9+,16-10+/t32?,37?,38?,39-,45-,46+,47-,48-/m0/s1. The summed E-state index contributed by atoms with van der Waals surface area (Å²) in [6.07, 6.45) is 15.3. The molecule has 8 atom stereocenters. The van der Waals surface area contributed by atoms with E-state index in [9.17, 15) is 39.9 Å². The summed E-state index contributed by atoms with van der Waals surface area (Å²) in [6, 6.07) is 8.70. The molecule has 0 radical (unpaired) electrons. The molecular formula is C48H60O10. The third-order valence-corrected chi connectivity index (χ3v) is 16.2. The zero-order valence-electron chi connectivity index (χ0n) is 34.7. The van der Waals surface area contributed by atoms with Crippen molar-refractivity contribution in [1.82, 2.24) is 0 Å². The van der Waals surface area contributed by atoms with Crippen molar-refractivity contribution in [2.24, 2.45) is 50.2 Å². The van der Waals surface area contributed by atoms with Gasteiger partial charge in [-0.05, 0) is 146 Å². The number of carbonyl (C=O) groups excluding carboxylic acids is 2. The average molecular weight is 797 g/mol. The van der Waals surface area contributed by atoms with Gasteiger partial charge in [-0.25, -0.2) is 9.59 Å². The molecule has 10 heteroatoms. The monoisotopic (exact) mass is 796 g/mol. The van der Waals surface area contributed by atoms with E-state index in [1.807, 2.05) is 0 Å². The Labute approximate surface area is 341 Å². The number of phenols is 4. The number of rotatable bonds is 8. The predicted octanol–water partition coefficient (Wildman–Crippen LogP) is 9.56. The molecule has 2 aromatic rings. The number of carboxylic acid groups (broad SMARTS) is 1. The van der Waals surface area contributed by atoms with Crippen LogP contribution < -0.4 is 0 Å². The second kappa shape index (κ2) is 14.5. The van der Waals surface area contributed by atoms with Crippen LogP contribution in [0, 0.1) is 50.2 Å². The minimum atomic E-state index is -0.860. The average Bonchev–Trinajstić information content (AvgIpc) is 3.15. The molecule has 0 heterocycles. The normalized spacial score (nSPS) is 34.8. The van der Waals surface area contributed by atoms with Gasteiger partial charge in [0.25, 0.3) is 0 Å². The number of allylic oxidation sites excluding steroid dienone is 1. The molecule has 5 aliphatic rings. The molecule has 0 amide bonds. The molecule has 4 fully saturated rings. The Morgan fingerprint density at radius 3 is 1.93 bits per heavy atom. The number of hydrogen-bond donors (Lipinski definition) is 5. The summed E-state index contributed by atoms with van der Waals surface area (Å²) < 4.78 is 12.5. The van der Waals surface area contributed by atoms with Crippen molar-refractivity contribution in [1.29, 1.82) is 0 Å². The van der Waals surface area contributed by atoms with E-state index >= 15 is 0 Å². The van der Waals surface area contributed by atoms with Gasteiger partial charge in [-0.3, -0.25) is 4.79 Å². The molecule has 5 aliphatic carbocycles. The van der Waals surface area contributed by atoms with Crippen molar-refractivity contribution in [3.63, 3.8) is 0 Å². The first-order valence-corrected chi connectivity index (χ1v) is 20.9. The topological polar surface area (TPSA) is 171 Å². The zero-order chi connectivity index (χ0) is 42.1. The lowest BCUT2D eigenvalue weighted by molar-refractivity contribution is -0.221. The molecule has 4 saturated carbocycles. The van der Waals surface area contributed by atoms with E-state index in [1.54, 1.807) is 24.3 Å². The van der Waals surface area contributed by atoms with Crippen molar-refractivity contribution < 1.29 is 49.4 Å². The molecule has 5 N–H and O–H groups in total. The highest BCUT2D eigenvalue weighted by Crippen LogP contribution is 2.76. The Kier molecular flexibility index (Phi) is 10.4. The summed E-state index contributed by atoms with van der Waals surface area (Å²) in [5.41, 5.74) is -0.0470. The Hall–Kier alpha value is -4.73. The van der Waals surface area contributed by atoms with Crippen LogP contribution in [0.3, 0.4) is 0 Å². The first-order chi connectivity index (χ1) is 27.2. The van der Waals surface area contributed by atoms with E-state index in [2.05, 4.69) is 47.6 Å². The van der Waals surface area contributed by atoms with Crippen molar-refractivity contribution >= 4 is 30.1 Å². The van der Waals surface area contributed by atoms with Gasteiger partial charge in [0.1, 0.15) is 12.7 Å². The van der Waals surface area contributed by atoms with Crippen LogP contribution in [0.25, 0.3) is 12.2 Å². The minimum absolute atomic E-state index is 0.0368. The number of benzene rings is 2. The van der Waals surface area contributed by atoms with Gasteiger partial charge >= 0.3 is 17.9 Å². The third kappa shape index (κ3) is 6.78. The van der Waals surface area contributed by atoms with Gasteiger partial charge in [0.2, 0.25) is 0 Å². The van der Waals surface area contributed by atoms with Crippen LogP contribution in [0.4, 0.5) is 0 Å². The highest BCUT2D eigenvalue weighted by atomic mass is 16.5. The van der Waals surface area contributed by atoms with E-state index in [1.165, 1.54) is 36.4 Å². The quantitative estimate of drug-likeness (QED) is 0.0750. The van der Waals surface area contributed by atoms with Crippen LogP contribution in [-0.4, -0.2) is 56.2 Å². The maximum absolute atomic E-state index is 13.6. The van der Waals surface area contributed by atoms with E-state index in [4.69, 9.17) is 9.47 Å². The van der Waals surface area contributed by atoms with E-state index in [0.717, 1.165) is 44.1 Å². The molecule has 10 nitrogen and oxygen atoms in total. The van der Waals surface area contributed by atoms with Gasteiger partial charge in [0, 0.05) is 23.0 Å². The smallest absolute Gasteiger partial charge is 0.331 e. The summed E-state index contributed by atoms with van der Waals surface area (Å²) >= 11 is 0. The summed E-state index contributed by atoms with van der Waals surface area (Å²) in [7, 11) is 0. The fourth-order valence-corrected chi connectivity index (χ4v) is 13.0. The number of phenolic OH excluding ortho intramolecular Hbond substituents is 4. The highest BCUT2D eigenvalue weighted by Gasteiger charge is 2.71. The van der Waals surface area contributed by atoms with Crippen LogP contribution in [0.5, 0.6) is 23.0 Å². The van der Waals surface area contributed by atoms with Crippen LogP contribution >= 0.6 is 0 Å². The molecular weight excluding hydrogens is 737 g/mol. The highest BCUT2D eigenvalue weighted by molar-refractivity contribution is 5.88. The number of ether oxygens (including phenoxy) is 2. The van der Waals surface area contributed by atoms with Crippen LogP contribution in [-0.2, 0) is 23.9 Å². The molecule has 0 aliphatic heterocycles. The summed E-state index contributed by atoms with van der Waals surface area (Å²) in [5, 5.41) is 50.2. The number of aliphatic carboxylic acids is 1. The van der Waals surface area contributed by atoms with Crippen molar-refractivity contribution in [3.05, 3.63) is 71.3 Å². The number of carboxylic acids is 1. The van der Waals surface area contributed by atoms with Crippen LogP contribution in [0.2, 0.25) is 0 Å².